The van der Waals surface area contributed by atoms with Crippen molar-refractivity contribution in [2.75, 3.05) is 0 Å². The molecule has 0 unspecified atom stereocenters. The Kier molecular flexibility index (Phi) is 14.0. The minimum atomic E-state index is 0.901. The van der Waals surface area contributed by atoms with E-state index in [0.717, 1.165) is 66.1 Å². The Morgan fingerprint density at radius 2 is 0.468 bits per heavy atom. The normalized spacial score (nSPS) is 11.9. The molecule has 0 radical (unpaired) electrons. The van der Waals surface area contributed by atoms with Crippen LogP contribution in [0.3, 0.4) is 0 Å². The van der Waals surface area contributed by atoms with E-state index in [0.29, 0.717) is 0 Å². The number of rotatable bonds is 7. The fourth-order valence-corrected chi connectivity index (χ4v) is 13.9. The summed E-state index contributed by atoms with van der Waals surface area (Å²) < 4.78 is 116. The van der Waals surface area contributed by atoms with Crippen LogP contribution in [0.5, 0.6) is 0 Å². The van der Waals surface area contributed by atoms with Crippen LogP contribution in [0.25, 0.3) is 176 Å². The van der Waals surface area contributed by atoms with E-state index in [1.807, 2.05) is 13.8 Å². The Morgan fingerprint density at radius 1 is 0.213 bits per heavy atom. The molecule has 0 N–H and O–H groups in total. The number of benzene rings is 16. The Balaban J connectivity index is 0.000000375. The highest BCUT2D eigenvalue weighted by Crippen LogP contribution is 2.47. The highest BCUT2D eigenvalue weighted by atomic mass is 16.3. The molecule has 0 bridgehead atoms. The van der Waals surface area contributed by atoms with Crippen LogP contribution in [-0.4, -0.2) is 0 Å². The molecular formula is C92H92O2. The SMILES string of the molecule is CC.[2H]C.[2H]C.[2H]C.[2H]C.[2H][2H].[2H][2H].[2H][2H].[2H][2H].[2H][2H].[2H][2H].[2H][2H].[2H][2H].c1ccc(-c2c3ccccc3c(-c3ccc4c(c3)oc3cc(-c5cccc6ccccc56)ccc34)c3ccccc23)cc1.c1ccc(-c2cccc(-c3ccc4c(c3)oc3cc(-c5c6ccccc6c(-c6ccccc6)c6ccccc56)ccc34)c2)cc1. The van der Waals surface area contributed by atoms with Crippen LogP contribution in [-0.2, 0) is 0 Å². The molecule has 2 heterocycles. The lowest BCUT2D eigenvalue weighted by atomic mass is 9.86. The highest BCUT2D eigenvalue weighted by molar-refractivity contribution is 6.24. The van der Waals surface area contributed by atoms with Gasteiger partial charge in [0.25, 0.3) is 0 Å². The molecule has 0 spiro atoms. The first-order valence-electron chi connectivity index (χ1n) is 43.2. The number of hydrogen-bond acceptors (Lipinski definition) is 2. The first kappa shape index (κ1) is 49.2. The Morgan fingerprint density at radius 3 is 0.872 bits per heavy atom. The molecule has 0 saturated heterocycles. The van der Waals surface area contributed by atoms with Gasteiger partial charge in [0.2, 0.25) is 0 Å². The second-order valence-electron chi connectivity index (χ2n) is 22.9. The first-order valence-corrected chi connectivity index (χ1v) is 31.2. The van der Waals surface area contributed by atoms with E-state index in [4.69, 9.17) is 38.1 Å². The van der Waals surface area contributed by atoms with Crippen molar-refractivity contribution < 1.29 is 38.1 Å². The maximum atomic E-state index is 6.61. The lowest BCUT2D eigenvalue weighted by molar-refractivity contribution is 0.669. The Hall–Kier alpha value is -11.6. The molecule has 18 rings (SSSR count). The van der Waals surface area contributed by atoms with Crippen LogP contribution in [0, 0.1) is 0 Å². The van der Waals surface area contributed by atoms with Crippen LogP contribution < -0.4 is 0 Å². The quantitative estimate of drug-likeness (QED) is 0.149. The average Bonchev–Trinajstić information content (AvgIpc) is 1.13. The molecule has 0 aliphatic rings. The molecule has 16 aromatic carbocycles. The van der Waals surface area contributed by atoms with Crippen molar-refractivity contribution in [1.82, 2.24) is 0 Å². The molecule has 0 amide bonds. The summed E-state index contributed by atoms with van der Waals surface area (Å²) in [5.41, 5.74) is 20.6. The van der Waals surface area contributed by atoms with Gasteiger partial charge in [-0.25, -0.2) is 0 Å². The van der Waals surface area contributed by atoms with Crippen LogP contribution in [0.1, 0.15) is 72.7 Å². The molecular weight excluding hydrogens is 1140 g/mol. The van der Waals surface area contributed by atoms with Gasteiger partial charge >= 0.3 is 0 Å². The lowest BCUT2D eigenvalue weighted by Crippen LogP contribution is -1.90. The first-order chi connectivity index (χ1) is 56.6. The van der Waals surface area contributed by atoms with Gasteiger partial charge in [-0.1, -0.05) is 316 Å². The summed E-state index contributed by atoms with van der Waals surface area (Å²) in [6.07, 6.45) is 0. The fraction of sp³-hybridized carbons (Fsp3) is 0.0652. The van der Waals surface area contributed by atoms with E-state index in [9.17, 15) is 0 Å². The smallest absolute Gasteiger partial charge is 0.136 e. The van der Waals surface area contributed by atoms with E-state index in [1.165, 1.54) is 139 Å². The van der Waals surface area contributed by atoms with Gasteiger partial charge in [0.15, 0.2) is 0 Å². The fourth-order valence-electron chi connectivity index (χ4n) is 13.9. The molecule has 94 heavy (non-hydrogen) atoms. The third kappa shape index (κ3) is 10.9. The minimum Gasteiger partial charge on any atom is -0.456 e. The van der Waals surface area contributed by atoms with Crippen LogP contribution >= 0.6 is 0 Å². The molecule has 0 aliphatic carbocycles. The van der Waals surface area contributed by atoms with Gasteiger partial charge in [-0.3, -0.25) is 0 Å². The van der Waals surface area contributed by atoms with Crippen molar-refractivity contribution >= 4 is 97.7 Å². The largest absolute Gasteiger partial charge is 0.456 e. The number of fused-ring (bicyclic) bond motifs is 11. The predicted octanol–water partition coefficient (Wildman–Crippen LogP) is 30.1. The summed E-state index contributed by atoms with van der Waals surface area (Å²) in [5, 5.41) is 17.0. The summed E-state index contributed by atoms with van der Waals surface area (Å²) >= 11 is 0. The second kappa shape index (κ2) is 26.7. The predicted molar refractivity (Wildman–Crippen MR) is 428 cm³/mol. The van der Waals surface area contributed by atoms with E-state index in [-0.39, 0.29) is 0 Å². The van der Waals surface area contributed by atoms with Crippen LogP contribution in [0.15, 0.2) is 336 Å². The van der Waals surface area contributed by atoms with E-state index in [1.54, 1.807) is 0 Å². The van der Waals surface area contributed by atoms with E-state index >= 15 is 0 Å². The monoisotopic (exact) mass is 1250 g/mol. The van der Waals surface area contributed by atoms with Gasteiger partial charge < -0.3 is 8.83 Å². The van der Waals surface area contributed by atoms with Gasteiger partial charge in [0, 0.05) is 50.8 Å². The molecule has 18 aromatic rings. The second-order valence-corrected chi connectivity index (χ2v) is 22.9. The van der Waals surface area contributed by atoms with Crippen LogP contribution in [0.4, 0.5) is 0 Å². The zero-order valence-corrected chi connectivity index (χ0v) is 54.0. The minimum absolute atomic E-state index is 0.901. The maximum absolute atomic E-state index is 6.61. The molecule has 0 atom stereocenters. The van der Waals surface area contributed by atoms with Gasteiger partial charge in [-0.2, -0.15) is 0 Å². The summed E-state index contributed by atoms with van der Waals surface area (Å²) in [5.74, 6) is 0. The molecule has 0 fully saturated rings. The number of hydrogen-bond donors (Lipinski definition) is 0. The number of furan rings is 2. The molecule has 2 nitrogen and oxygen atoms in total. The van der Waals surface area contributed by atoms with E-state index in [2.05, 4.69) is 328 Å². The van der Waals surface area contributed by atoms with Gasteiger partial charge in [-0.15, -0.1) is 0 Å². The summed E-state index contributed by atoms with van der Waals surface area (Å²) in [7, 11) is 5.00. The van der Waals surface area contributed by atoms with Crippen molar-refractivity contribution in [2.24, 2.45) is 0 Å². The topological polar surface area (TPSA) is 26.3 Å². The van der Waals surface area contributed by atoms with Crippen LogP contribution in [0.2, 0.25) is 0 Å². The Labute approximate surface area is 582 Å². The molecule has 0 aliphatic heterocycles. The third-order valence-electron chi connectivity index (χ3n) is 17.9. The molecule has 2 heteroatoms. The van der Waals surface area contributed by atoms with Crippen molar-refractivity contribution in [2.45, 2.75) is 43.5 Å². The average molecular weight is 1250 g/mol. The van der Waals surface area contributed by atoms with Gasteiger partial charge in [0.05, 0.1) is 0 Å². The van der Waals surface area contributed by atoms with Crippen molar-refractivity contribution in [1.29, 1.82) is 0 Å². The summed E-state index contributed by atoms with van der Waals surface area (Å²) in [6, 6.07) is 118. The van der Waals surface area contributed by atoms with Crippen molar-refractivity contribution in [3.63, 3.8) is 0 Å². The summed E-state index contributed by atoms with van der Waals surface area (Å²) in [4.78, 5) is 0. The van der Waals surface area contributed by atoms with Crippen molar-refractivity contribution in [3.8, 4) is 77.9 Å². The van der Waals surface area contributed by atoms with Gasteiger partial charge in [-0.05, 0) is 186 Å². The molecule has 2 aromatic heterocycles. The molecule has 472 valence electrons. The van der Waals surface area contributed by atoms with Gasteiger partial charge in [0.1, 0.15) is 22.3 Å². The maximum Gasteiger partial charge on any atom is 0.136 e. The third-order valence-corrected chi connectivity index (χ3v) is 17.9. The molecule has 0 saturated carbocycles. The van der Waals surface area contributed by atoms with Crippen molar-refractivity contribution in [3.05, 3.63) is 328 Å². The lowest BCUT2D eigenvalue weighted by Gasteiger charge is -2.17. The Bertz CT molecular complexity index is 5690. The standard InChI is InChI=1S/C44H28O.C42H26O.C2H6.4CH4.8H2/c1-3-12-29(13-4-1)31-16-11-17-32(26-31)33-22-24-35-36-25-23-34(28-42(36)45-41(35)27-33)44-39-20-9-7-18-37(39)43(30-14-5-2-6-15-30)38-19-8-10-21-40(38)44;1-2-12-28(13-3-1)41-35-16-6-8-18-37(35)42(38-19-9-7-17-36(38)41)30-22-24-34-33-23-21-29(25-39(33)43-40(34)26-30)32-20-10-14-27-11-4-5-15-31(27)32;1-2;;;;;;;;;;;;/h1-28H;1-26H;1-2H3;4*1H4;8*1H/i;;;4*1D;8*1+1D. The highest BCUT2D eigenvalue weighted by Gasteiger charge is 2.21. The zero-order valence-electron chi connectivity index (χ0n) is 74.0. The summed E-state index contributed by atoms with van der Waals surface area (Å²) in [6.45, 7) is 4.00. The zero-order chi connectivity index (χ0) is 84.1. The van der Waals surface area contributed by atoms with E-state index < -0.39 is 0 Å².